The van der Waals surface area contributed by atoms with E-state index < -0.39 is 6.04 Å². The molecule has 1 atom stereocenters. The monoisotopic (exact) mass is 349 g/mol. The lowest BCUT2D eigenvalue weighted by Gasteiger charge is -2.29. The molecule has 3 amide bonds. The van der Waals surface area contributed by atoms with E-state index in [-0.39, 0.29) is 24.1 Å². The van der Waals surface area contributed by atoms with Gasteiger partial charge in [0, 0.05) is 29.8 Å². The predicted molar refractivity (Wildman–Crippen MR) is 95.1 cm³/mol. The van der Waals surface area contributed by atoms with Gasteiger partial charge in [-0.05, 0) is 42.7 Å². The van der Waals surface area contributed by atoms with Gasteiger partial charge in [-0.15, -0.1) is 0 Å². The van der Waals surface area contributed by atoms with Crippen molar-refractivity contribution in [3.05, 3.63) is 53.2 Å². The van der Waals surface area contributed by atoms with Crippen LogP contribution in [-0.4, -0.2) is 33.6 Å². The molecule has 2 aliphatic rings. The predicted octanol–water partition coefficient (Wildman–Crippen LogP) is 2.07. The fourth-order valence-electron chi connectivity index (χ4n) is 3.57. The number of carbonyl (C=O) groups excluding carboxylic acids is 3. The second-order valence-electron chi connectivity index (χ2n) is 6.64. The summed E-state index contributed by atoms with van der Waals surface area (Å²) in [5.41, 5.74) is 4.35. The van der Waals surface area contributed by atoms with Crippen molar-refractivity contribution in [1.82, 2.24) is 15.2 Å². The van der Waals surface area contributed by atoms with Gasteiger partial charge in [-0.25, -0.2) is 0 Å². The zero-order chi connectivity index (χ0) is 18.3. The molecule has 26 heavy (non-hydrogen) atoms. The Morgan fingerprint density at radius 2 is 2.04 bits per heavy atom. The number of carbonyl (C=O) groups is 3. The number of nitrogens with zero attached hydrogens (tertiary/aromatic N) is 2. The third kappa shape index (κ3) is 2.77. The fourth-order valence-corrected chi connectivity index (χ4v) is 3.57. The van der Waals surface area contributed by atoms with Gasteiger partial charge in [0.25, 0.3) is 5.91 Å². The SMILES string of the molecule is CCc1cccc(-c2ccc3c(c2)CN(C2CCC(=O)NC2=O)C3=O)n1. The van der Waals surface area contributed by atoms with Crippen LogP contribution in [0.3, 0.4) is 0 Å². The van der Waals surface area contributed by atoms with Crippen LogP contribution in [-0.2, 0) is 22.6 Å². The molecule has 0 bridgehead atoms. The Morgan fingerprint density at radius 3 is 2.81 bits per heavy atom. The Kier molecular flexibility index (Phi) is 4.03. The van der Waals surface area contributed by atoms with Crippen LogP contribution in [0.5, 0.6) is 0 Å². The van der Waals surface area contributed by atoms with Crippen molar-refractivity contribution in [3.8, 4) is 11.3 Å². The Bertz CT molecular complexity index is 922. The maximum absolute atomic E-state index is 12.7. The van der Waals surface area contributed by atoms with Crippen molar-refractivity contribution in [3.63, 3.8) is 0 Å². The average Bonchev–Trinajstić information content (AvgIpc) is 2.98. The third-order valence-corrected chi connectivity index (χ3v) is 4.99. The zero-order valence-electron chi connectivity index (χ0n) is 14.5. The van der Waals surface area contributed by atoms with E-state index in [9.17, 15) is 14.4 Å². The molecule has 0 radical (unpaired) electrons. The van der Waals surface area contributed by atoms with Crippen LogP contribution in [0.4, 0.5) is 0 Å². The van der Waals surface area contributed by atoms with Crippen molar-refractivity contribution in [2.45, 2.75) is 38.8 Å². The first-order valence-electron chi connectivity index (χ1n) is 8.80. The van der Waals surface area contributed by atoms with E-state index in [1.54, 1.807) is 11.0 Å². The molecule has 0 spiro atoms. The number of aromatic nitrogens is 1. The molecule has 1 unspecified atom stereocenters. The van der Waals surface area contributed by atoms with E-state index in [2.05, 4.69) is 17.2 Å². The number of amides is 3. The van der Waals surface area contributed by atoms with Crippen LogP contribution in [0.25, 0.3) is 11.3 Å². The fraction of sp³-hybridized carbons (Fsp3) is 0.300. The lowest BCUT2D eigenvalue weighted by molar-refractivity contribution is -0.136. The lowest BCUT2D eigenvalue weighted by atomic mass is 10.0. The van der Waals surface area contributed by atoms with Crippen molar-refractivity contribution in [2.75, 3.05) is 0 Å². The Balaban J connectivity index is 1.62. The summed E-state index contributed by atoms with van der Waals surface area (Å²) in [7, 11) is 0. The number of benzene rings is 1. The first kappa shape index (κ1) is 16.4. The van der Waals surface area contributed by atoms with E-state index >= 15 is 0 Å². The van der Waals surface area contributed by atoms with Crippen molar-refractivity contribution in [2.24, 2.45) is 0 Å². The number of imide groups is 1. The van der Waals surface area contributed by atoms with Gasteiger partial charge in [0.05, 0.1) is 5.69 Å². The van der Waals surface area contributed by atoms with E-state index in [4.69, 9.17) is 0 Å². The number of aryl methyl sites for hydroxylation is 1. The van der Waals surface area contributed by atoms with Crippen LogP contribution in [0.15, 0.2) is 36.4 Å². The van der Waals surface area contributed by atoms with Crippen LogP contribution >= 0.6 is 0 Å². The molecule has 0 saturated carbocycles. The number of piperidine rings is 1. The van der Waals surface area contributed by atoms with Crippen molar-refractivity contribution < 1.29 is 14.4 Å². The molecule has 3 heterocycles. The molecule has 1 aromatic carbocycles. The third-order valence-electron chi connectivity index (χ3n) is 4.99. The van der Waals surface area contributed by atoms with E-state index in [0.29, 0.717) is 18.5 Å². The largest absolute Gasteiger partial charge is 0.322 e. The average molecular weight is 349 g/mol. The van der Waals surface area contributed by atoms with Crippen LogP contribution in [0, 0.1) is 0 Å². The minimum absolute atomic E-state index is 0.156. The summed E-state index contributed by atoms with van der Waals surface area (Å²) in [6, 6.07) is 11.0. The summed E-state index contributed by atoms with van der Waals surface area (Å²) in [6.07, 6.45) is 1.49. The Morgan fingerprint density at radius 1 is 1.19 bits per heavy atom. The Hall–Kier alpha value is -3.02. The highest BCUT2D eigenvalue weighted by Crippen LogP contribution is 2.30. The van der Waals surface area contributed by atoms with E-state index in [0.717, 1.165) is 28.9 Å². The van der Waals surface area contributed by atoms with Gasteiger partial charge < -0.3 is 4.90 Å². The summed E-state index contributed by atoms with van der Waals surface area (Å²) in [5, 5.41) is 2.32. The van der Waals surface area contributed by atoms with Gasteiger partial charge in [0.2, 0.25) is 11.8 Å². The Labute approximate surface area is 151 Å². The molecular formula is C20H19N3O3. The first-order valence-corrected chi connectivity index (χ1v) is 8.80. The molecule has 1 saturated heterocycles. The smallest absolute Gasteiger partial charge is 0.255 e. The number of rotatable bonds is 3. The first-order chi connectivity index (χ1) is 12.6. The van der Waals surface area contributed by atoms with Gasteiger partial charge in [-0.2, -0.15) is 0 Å². The highest BCUT2D eigenvalue weighted by Gasteiger charge is 2.39. The summed E-state index contributed by atoms with van der Waals surface area (Å²) >= 11 is 0. The molecule has 6 nitrogen and oxygen atoms in total. The molecule has 1 fully saturated rings. The lowest BCUT2D eigenvalue weighted by Crippen LogP contribution is -2.52. The quantitative estimate of drug-likeness (QED) is 0.861. The molecular weight excluding hydrogens is 330 g/mol. The highest BCUT2D eigenvalue weighted by molar-refractivity contribution is 6.05. The van der Waals surface area contributed by atoms with Gasteiger partial charge in [-0.1, -0.05) is 19.1 Å². The minimum Gasteiger partial charge on any atom is -0.322 e. The number of nitrogens with one attached hydrogen (secondary N) is 1. The zero-order valence-corrected chi connectivity index (χ0v) is 14.5. The second-order valence-corrected chi connectivity index (χ2v) is 6.64. The molecule has 2 aromatic rings. The maximum Gasteiger partial charge on any atom is 0.255 e. The molecule has 132 valence electrons. The van der Waals surface area contributed by atoms with E-state index in [1.165, 1.54) is 0 Å². The number of pyridine rings is 1. The van der Waals surface area contributed by atoms with Gasteiger partial charge in [0.15, 0.2) is 0 Å². The van der Waals surface area contributed by atoms with Crippen LogP contribution < -0.4 is 5.32 Å². The molecule has 2 aliphatic heterocycles. The summed E-state index contributed by atoms with van der Waals surface area (Å²) in [4.78, 5) is 42.4. The second kappa shape index (κ2) is 6.37. The van der Waals surface area contributed by atoms with Crippen LogP contribution in [0.1, 0.15) is 41.4 Å². The number of hydrogen-bond acceptors (Lipinski definition) is 4. The summed E-state index contributed by atoms with van der Waals surface area (Å²) < 4.78 is 0. The summed E-state index contributed by atoms with van der Waals surface area (Å²) in [6.45, 7) is 2.44. The van der Waals surface area contributed by atoms with Gasteiger partial charge in [0.1, 0.15) is 6.04 Å². The van der Waals surface area contributed by atoms with Crippen LogP contribution in [0.2, 0.25) is 0 Å². The molecule has 0 aliphatic carbocycles. The van der Waals surface area contributed by atoms with Crippen molar-refractivity contribution >= 4 is 17.7 Å². The molecule has 1 N–H and O–H groups in total. The van der Waals surface area contributed by atoms with E-state index in [1.807, 2.05) is 30.3 Å². The number of hydrogen-bond donors (Lipinski definition) is 1. The van der Waals surface area contributed by atoms with Gasteiger partial charge >= 0.3 is 0 Å². The minimum atomic E-state index is -0.586. The maximum atomic E-state index is 12.7. The van der Waals surface area contributed by atoms with Crippen molar-refractivity contribution in [1.29, 1.82) is 0 Å². The number of fused-ring (bicyclic) bond motifs is 1. The standard InChI is InChI=1S/C20H19N3O3/c1-2-14-4-3-5-16(21-14)12-6-7-15-13(10-12)11-23(20(15)26)17-8-9-18(24)22-19(17)25/h3-7,10,17H,2,8-9,11H2,1H3,(H,22,24,25). The van der Waals surface area contributed by atoms with Gasteiger partial charge in [-0.3, -0.25) is 24.7 Å². The summed E-state index contributed by atoms with van der Waals surface area (Å²) in [5.74, 6) is -0.823. The molecule has 6 heteroatoms. The normalized spacial score (nSPS) is 19.5. The topological polar surface area (TPSA) is 79.4 Å². The molecule has 1 aromatic heterocycles. The molecule has 4 rings (SSSR count). The highest BCUT2D eigenvalue weighted by atomic mass is 16.2.